The molecule has 21 heteroatoms. The lowest BCUT2D eigenvalue weighted by Crippen LogP contribution is -2.27. The third-order valence-electron chi connectivity index (χ3n) is 17.6. The minimum atomic E-state index is -0.579. The molecule has 0 bridgehead atoms. The van der Waals surface area contributed by atoms with Crippen molar-refractivity contribution in [3.63, 3.8) is 0 Å². The molecule has 6 rings (SSSR count). The first-order chi connectivity index (χ1) is 50.5. The highest BCUT2D eigenvalue weighted by molar-refractivity contribution is 5.88. The van der Waals surface area contributed by atoms with E-state index in [0.717, 1.165) is 71.9 Å². The van der Waals surface area contributed by atoms with Gasteiger partial charge in [-0.05, 0) is 226 Å². The maximum absolute atomic E-state index is 13.4. The molecule has 0 radical (unpaired) electrons. The number of carbonyl (C=O) groups excluding carboxylic acids is 6. The molecule has 0 heterocycles. The van der Waals surface area contributed by atoms with Crippen LogP contribution in [0.3, 0.4) is 0 Å². The standard InChI is InChI=1S/3C28H40N2O5/c3*1-5-9-21(14-19-10-12-26(33-6-2)23(29)16-19)25(31)18-22(28(32)35-8-4)15-20-11-13-27(34-7-3)24(30)17-20/h3*10-13,16-17,21-22H,5-9,14-15,18,29-30H2,1-4H3. The number of nitrogens with two attached hydrogens (primary N) is 6. The highest BCUT2D eigenvalue weighted by Crippen LogP contribution is 2.34. The monoisotopic (exact) mass is 1450 g/mol. The maximum Gasteiger partial charge on any atom is 0.309 e. The Balaban J connectivity index is 0.000000333. The summed E-state index contributed by atoms with van der Waals surface area (Å²) in [7, 11) is 0. The third kappa shape index (κ3) is 29.8. The van der Waals surface area contributed by atoms with E-state index < -0.39 is 17.8 Å². The molecule has 0 fully saturated rings. The van der Waals surface area contributed by atoms with Crippen molar-refractivity contribution in [1.82, 2.24) is 0 Å². The zero-order chi connectivity index (χ0) is 77.4. The van der Waals surface area contributed by atoms with Crippen molar-refractivity contribution in [1.29, 1.82) is 0 Å². The molecule has 0 amide bonds. The van der Waals surface area contributed by atoms with Gasteiger partial charge in [0.15, 0.2) is 0 Å². The number of hydrogen-bond acceptors (Lipinski definition) is 21. The van der Waals surface area contributed by atoms with Gasteiger partial charge in [0.1, 0.15) is 51.8 Å². The van der Waals surface area contributed by atoms with Crippen LogP contribution in [0.15, 0.2) is 109 Å². The molecule has 12 N–H and O–H groups in total. The molecule has 6 aromatic rings. The van der Waals surface area contributed by atoms with Gasteiger partial charge in [0.2, 0.25) is 0 Å². The van der Waals surface area contributed by atoms with Crippen LogP contribution in [-0.2, 0) is 81.5 Å². The van der Waals surface area contributed by atoms with Gasteiger partial charge >= 0.3 is 17.9 Å². The smallest absolute Gasteiger partial charge is 0.309 e. The van der Waals surface area contributed by atoms with E-state index >= 15 is 0 Å². The molecule has 0 spiro atoms. The zero-order valence-electron chi connectivity index (χ0n) is 64.4. The maximum atomic E-state index is 13.4. The van der Waals surface area contributed by atoms with Crippen LogP contribution < -0.4 is 62.8 Å². The summed E-state index contributed by atoms with van der Waals surface area (Å²) in [5, 5.41) is 0. The van der Waals surface area contributed by atoms with Gasteiger partial charge in [0.05, 0.1) is 111 Å². The number of Topliss-reactive ketones (excluding diaryl/α,β-unsaturated/α-hetero) is 3. The summed E-state index contributed by atoms with van der Waals surface area (Å²) < 4.78 is 49.0. The van der Waals surface area contributed by atoms with Crippen molar-refractivity contribution in [3.05, 3.63) is 143 Å². The van der Waals surface area contributed by atoms with Gasteiger partial charge in [-0.3, -0.25) is 28.8 Å². The van der Waals surface area contributed by atoms with Crippen molar-refractivity contribution in [3.8, 4) is 34.5 Å². The zero-order valence-corrected chi connectivity index (χ0v) is 64.4. The number of benzene rings is 6. The highest BCUT2D eigenvalue weighted by Gasteiger charge is 2.32. The van der Waals surface area contributed by atoms with E-state index in [0.29, 0.717) is 147 Å². The summed E-state index contributed by atoms with van der Waals surface area (Å²) in [4.78, 5) is 78.5. The number of ether oxygens (including phenoxy) is 9. The Hall–Kier alpha value is -9.66. The molecule has 0 saturated carbocycles. The van der Waals surface area contributed by atoms with Gasteiger partial charge in [0, 0.05) is 37.0 Å². The summed E-state index contributed by atoms with van der Waals surface area (Å²) in [5.41, 5.74) is 45.4. The molecule has 105 heavy (non-hydrogen) atoms. The Morgan fingerprint density at radius 1 is 0.257 bits per heavy atom. The first kappa shape index (κ1) is 87.7. The molecule has 6 unspecified atom stereocenters. The Bertz CT molecular complexity index is 3300. The number of carbonyl (C=O) groups is 6. The molecule has 6 atom stereocenters. The van der Waals surface area contributed by atoms with Gasteiger partial charge < -0.3 is 77.0 Å². The lowest BCUT2D eigenvalue weighted by atomic mass is 9.84. The van der Waals surface area contributed by atoms with Crippen molar-refractivity contribution < 1.29 is 71.4 Å². The Kier molecular flexibility index (Phi) is 39.8. The number of ketones is 3. The quantitative estimate of drug-likeness (QED) is 0.0117. The highest BCUT2D eigenvalue weighted by atomic mass is 16.5. The van der Waals surface area contributed by atoms with E-state index in [9.17, 15) is 28.8 Å². The van der Waals surface area contributed by atoms with E-state index in [2.05, 4.69) is 20.8 Å². The van der Waals surface area contributed by atoms with Crippen LogP contribution in [0.4, 0.5) is 34.1 Å². The first-order valence-electron chi connectivity index (χ1n) is 37.6. The van der Waals surface area contributed by atoms with E-state index in [1.165, 1.54) is 0 Å². The third-order valence-corrected chi connectivity index (χ3v) is 17.6. The molecule has 6 aromatic carbocycles. The molecule has 0 aliphatic heterocycles. The Morgan fingerprint density at radius 3 is 0.571 bits per heavy atom. The number of rotatable bonds is 45. The van der Waals surface area contributed by atoms with Gasteiger partial charge in [-0.2, -0.15) is 0 Å². The summed E-state index contributed by atoms with van der Waals surface area (Å²) in [6.45, 7) is 26.8. The normalized spacial score (nSPS) is 12.6. The van der Waals surface area contributed by atoms with Crippen molar-refractivity contribution >= 4 is 69.4 Å². The summed E-state index contributed by atoms with van der Waals surface area (Å²) in [5.74, 6) is 0.455. The average molecular weight is 1450 g/mol. The van der Waals surface area contributed by atoms with Gasteiger partial charge in [-0.25, -0.2) is 0 Å². The van der Waals surface area contributed by atoms with E-state index in [1.807, 2.05) is 114 Å². The molecule has 0 aliphatic rings. The van der Waals surface area contributed by atoms with E-state index in [-0.39, 0.29) is 92.1 Å². The summed E-state index contributed by atoms with van der Waals surface area (Å²) in [6, 6.07) is 33.4. The lowest BCUT2D eigenvalue weighted by molar-refractivity contribution is -0.150. The predicted molar refractivity (Wildman–Crippen MR) is 419 cm³/mol. The fourth-order valence-corrected chi connectivity index (χ4v) is 12.7. The Labute approximate surface area is 623 Å². The number of nitrogen functional groups attached to an aromatic ring is 6. The Morgan fingerprint density at radius 2 is 0.429 bits per heavy atom. The fraction of sp³-hybridized carbons (Fsp3) is 0.500. The fourth-order valence-electron chi connectivity index (χ4n) is 12.7. The average Bonchev–Trinajstić information content (AvgIpc) is 0.859. The van der Waals surface area contributed by atoms with Gasteiger partial charge in [-0.1, -0.05) is 76.4 Å². The van der Waals surface area contributed by atoms with E-state index in [1.54, 1.807) is 57.2 Å². The van der Waals surface area contributed by atoms with Crippen molar-refractivity contribution in [2.75, 3.05) is 93.9 Å². The van der Waals surface area contributed by atoms with Crippen LogP contribution >= 0.6 is 0 Å². The predicted octanol–water partition coefficient (Wildman–Crippen LogP) is 15.0. The van der Waals surface area contributed by atoms with Crippen molar-refractivity contribution in [2.45, 2.75) is 179 Å². The van der Waals surface area contributed by atoms with Gasteiger partial charge in [-0.15, -0.1) is 0 Å². The topological polar surface area (TPSA) is 342 Å². The number of esters is 3. The van der Waals surface area contributed by atoms with Crippen LogP contribution in [0, 0.1) is 35.5 Å². The molecule has 0 saturated heterocycles. The molecule has 0 aromatic heterocycles. The lowest BCUT2D eigenvalue weighted by Gasteiger charge is -2.20. The SMILES string of the molecule is CCCC(Cc1ccc(OCC)c(N)c1)C(=O)CC(Cc1ccc(OCC)c(N)c1)C(=O)OCC.CCCC(Cc1ccc(OCC)c(N)c1)C(=O)CC(Cc1ccc(OCC)c(N)c1)C(=O)OCC.CCCC(Cc1ccc(OCC)c(N)c1)C(=O)CC(Cc1ccc(OCC)c(N)c1)C(=O)OCC. The largest absolute Gasteiger partial charge is 0.492 e. The number of hydrogen-bond donors (Lipinski definition) is 6. The van der Waals surface area contributed by atoms with Crippen LogP contribution in [-0.4, -0.2) is 94.7 Å². The molecular weight excluding hydrogens is 1330 g/mol. The first-order valence-corrected chi connectivity index (χ1v) is 37.6. The van der Waals surface area contributed by atoms with E-state index in [4.69, 9.17) is 77.0 Å². The second kappa shape index (κ2) is 47.6. The minimum Gasteiger partial charge on any atom is -0.492 e. The second-order valence-electron chi connectivity index (χ2n) is 25.9. The second-order valence-corrected chi connectivity index (χ2v) is 25.9. The van der Waals surface area contributed by atoms with Crippen LogP contribution in [0.2, 0.25) is 0 Å². The molecule has 576 valence electrons. The van der Waals surface area contributed by atoms with Crippen LogP contribution in [0.5, 0.6) is 34.5 Å². The van der Waals surface area contributed by atoms with Crippen LogP contribution in [0.25, 0.3) is 0 Å². The minimum absolute atomic E-state index is 0.0521. The summed E-state index contributed by atoms with van der Waals surface area (Å²) >= 11 is 0. The van der Waals surface area contributed by atoms with Crippen LogP contribution in [0.1, 0.15) is 174 Å². The van der Waals surface area contributed by atoms with Gasteiger partial charge in [0.25, 0.3) is 0 Å². The van der Waals surface area contributed by atoms with Crippen molar-refractivity contribution in [2.24, 2.45) is 35.5 Å². The summed E-state index contributed by atoms with van der Waals surface area (Å²) in [6.07, 6.45) is 7.94. The molecule has 0 aliphatic carbocycles. The molecule has 21 nitrogen and oxygen atoms in total. The molecular formula is C84H120N6O15. The number of anilines is 6.